The second-order valence-electron chi connectivity index (χ2n) is 9.09. The monoisotopic (exact) mass is 490 g/mol. The zero-order valence-electron chi connectivity index (χ0n) is 19.1. The number of ether oxygens (including phenoxy) is 1. The maximum atomic E-state index is 13.4. The van der Waals surface area contributed by atoms with Gasteiger partial charge in [0.1, 0.15) is 18.7 Å². The summed E-state index contributed by atoms with van der Waals surface area (Å²) in [7, 11) is 0. The number of amides is 2. The molecule has 2 aromatic carbocycles. The van der Waals surface area contributed by atoms with Gasteiger partial charge in [-0.1, -0.05) is 48.5 Å². The molecule has 2 aromatic rings. The number of carboxylic acid groups (broad SMARTS) is 1. The Bertz CT molecular complexity index is 1160. The van der Waals surface area contributed by atoms with Crippen LogP contribution >= 0.6 is 11.8 Å². The van der Waals surface area contributed by atoms with E-state index in [2.05, 4.69) is 23.4 Å². The first kappa shape index (κ1) is 23.3. The second-order valence-corrected chi connectivity index (χ2v) is 10.2. The Kier molecular flexibility index (Phi) is 6.44. The fourth-order valence-corrected chi connectivity index (χ4v) is 6.66. The van der Waals surface area contributed by atoms with Crippen molar-refractivity contribution in [2.75, 3.05) is 12.4 Å². The molecule has 2 N–H and O–H groups in total. The molecule has 35 heavy (non-hydrogen) atoms. The molecule has 2 aliphatic carbocycles. The number of carbonyl (C=O) groups is 3. The molecule has 3 atom stereocenters. The molecule has 180 valence electrons. The average molecular weight is 491 g/mol. The maximum Gasteiger partial charge on any atom is 0.407 e. The third kappa shape index (κ3) is 4.48. The Morgan fingerprint density at radius 1 is 1.11 bits per heavy atom. The maximum absolute atomic E-state index is 13.4. The molecule has 3 unspecified atom stereocenters. The van der Waals surface area contributed by atoms with E-state index in [9.17, 15) is 19.5 Å². The highest BCUT2D eigenvalue weighted by Gasteiger charge is 2.49. The number of benzene rings is 2. The lowest BCUT2D eigenvalue weighted by Crippen LogP contribution is -2.54. The molecule has 0 spiro atoms. The predicted octanol–water partition coefficient (Wildman–Crippen LogP) is 3.68. The summed E-state index contributed by atoms with van der Waals surface area (Å²) in [6.07, 6.45) is 6.62. The van der Waals surface area contributed by atoms with Gasteiger partial charge in [0, 0.05) is 18.1 Å². The van der Waals surface area contributed by atoms with E-state index >= 15 is 0 Å². The highest BCUT2D eigenvalue weighted by atomic mass is 32.2. The third-order valence-electron chi connectivity index (χ3n) is 6.86. The Morgan fingerprint density at radius 2 is 1.74 bits per heavy atom. The van der Waals surface area contributed by atoms with Crippen LogP contribution in [0.5, 0.6) is 0 Å². The van der Waals surface area contributed by atoms with Crippen molar-refractivity contribution in [1.82, 2.24) is 10.2 Å². The van der Waals surface area contributed by atoms with Gasteiger partial charge in [-0.15, -0.1) is 24.1 Å². The van der Waals surface area contributed by atoms with Gasteiger partial charge >= 0.3 is 12.1 Å². The number of alkyl carbamates (subject to hydrolysis) is 1. The summed E-state index contributed by atoms with van der Waals surface area (Å²) in [4.78, 5) is 39.4. The molecule has 1 saturated carbocycles. The van der Waals surface area contributed by atoms with E-state index in [0.717, 1.165) is 35.1 Å². The lowest BCUT2D eigenvalue weighted by molar-refractivity contribution is -0.150. The molecule has 0 aromatic heterocycles. The van der Waals surface area contributed by atoms with Crippen molar-refractivity contribution in [3.63, 3.8) is 0 Å². The number of carbonyl (C=O) groups excluding carboxylic acids is 2. The third-order valence-corrected chi connectivity index (χ3v) is 8.32. The van der Waals surface area contributed by atoms with Gasteiger partial charge < -0.3 is 20.1 Å². The molecule has 1 saturated heterocycles. The molecule has 7 nitrogen and oxygen atoms in total. The summed E-state index contributed by atoms with van der Waals surface area (Å²) in [6.45, 7) is 0.110. The Morgan fingerprint density at radius 3 is 2.31 bits per heavy atom. The quantitative estimate of drug-likeness (QED) is 0.575. The molecular weight excluding hydrogens is 464 g/mol. The van der Waals surface area contributed by atoms with Crippen molar-refractivity contribution >= 4 is 29.7 Å². The molecule has 3 aliphatic rings. The molecule has 2 fully saturated rings. The van der Waals surface area contributed by atoms with Gasteiger partial charge in [0.15, 0.2) is 0 Å². The molecule has 0 bridgehead atoms. The van der Waals surface area contributed by atoms with Gasteiger partial charge in [0.25, 0.3) is 0 Å². The summed E-state index contributed by atoms with van der Waals surface area (Å²) in [6, 6.07) is 14.1. The Hall–Kier alpha value is -3.44. The molecule has 5 rings (SSSR count). The van der Waals surface area contributed by atoms with E-state index in [0.29, 0.717) is 5.75 Å². The van der Waals surface area contributed by atoms with Gasteiger partial charge in [-0.05, 0) is 41.0 Å². The van der Waals surface area contributed by atoms with Crippen molar-refractivity contribution in [2.45, 2.75) is 42.6 Å². The zero-order chi connectivity index (χ0) is 24.5. The van der Waals surface area contributed by atoms with Crippen LogP contribution in [0, 0.1) is 18.3 Å². The fraction of sp³-hybridized carbons (Fsp3) is 0.370. The minimum absolute atomic E-state index is 0.0477. The normalized spacial score (nSPS) is 21.5. The van der Waals surface area contributed by atoms with Crippen LogP contribution in [0.3, 0.4) is 0 Å². The number of carboxylic acids is 1. The largest absolute Gasteiger partial charge is 0.480 e. The molecule has 2 amide bonds. The number of thioether (sulfide) groups is 1. The number of hydrogen-bond acceptors (Lipinski definition) is 5. The number of aliphatic carboxylic acids is 1. The van der Waals surface area contributed by atoms with Crippen LogP contribution in [0.25, 0.3) is 11.1 Å². The zero-order valence-corrected chi connectivity index (χ0v) is 19.9. The van der Waals surface area contributed by atoms with Crippen molar-refractivity contribution < 1.29 is 24.2 Å². The van der Waals surface area contributed by atoms with Gasteiger partial charge in [0.05, 0.1) is 5.37 Å². The van der Waals surface area contributed by atoms with Gasteiger partial charge in [0.2, 0.25) is 5.91 Å². The van der Waals surface area contributed by atoms with Gasteiger partial charge in [-0.25, -0.2) is 9.59 Å². The highest BCUT2D eigenvalue weighted by molar-refractivity contribution is 8.00. The van der Waals surface area contributed by atoms with Gasteiger partial charge in [-0.2, -0.15) is 0 Å². The number of terminal acetylenes is 1. The van der Waals surface area contributed by atoms with E-state index in [4.69, 9.17) is 11.2 Å². The fourth-order valence-electron chi connectivity index (χ4n) is 5.02. The predicted molar refractivity (Wildman–Crippen MR) is 133 cm³/mol. The topological polar surface area (TPSA) is 95.9 Å². The van der Waals surface area contributed by atoms with E-state index in [1.54, 1.807) is 0 Å². The van der Waals surface area contributed by atoms with Crippen LogP contribution in [-0.2, 0) is 14.3 Å². The smallest absolute Gasteiger partial charge is 0.407 e. The summed E-state index contributed by atoms with van der Waals surface area (Å²) in [5, 5.41) is 12.1. The van der Waals surface area contributed by atoms with Crippen molar-refractivity contribution in [1.29, 1.82) is 0 Å². The number of fused-ring (bicyclic) bond motifs is 3. The van der Waals surface area contributed by atoms with Crippen LogP contribution in [0.4, 0.5) is 4.79 Å². The van der Waals surface area contributed by atoms with E-state index in [1.165, 1.54) is 16.7 Å². The SMILES string of the molecule is C#CCC(NC(=O)OCC1c2ccccc2-c2ccccc21)C(=O)N1C(C(=O)O)CSC1C1CC1. The van der Waals surface area contributed by atoms with E-state index < -0.39 is 30.1 Å². The second kappa shape index (κ2) is 9.67. The van der Waals surface area contributed by atoms with E-state index in [1.807, 2.05) is 36.4 Å². The van der Waals surface area contributed by atoms with Crippen LogP contribution in [0.2, 0.25) is 0 Å². The van der Waals surface area contributed by atoms with Crippen molar-refractivity contribution in [3.05, 3.63) is 59.7 Å². The minimum atomic E-state index is -1.05. The molecule has 1 aliphatic heterocycles. The number of hydrogen-bond donors (Lipinski definition) is 2. The average Bonchev–Trinajstić information content (AvgIpc) is 3.52. The number of rotatable bonds is 7. The molecule has 0 radical (unpaired) electrons. The number of nitrogens with zero attached hydrogens (tertiary/aromatic N) is 1. The summed E-state index contributed by atoms with van der Waals surface area (Å²) in [5.74, 6) is 1.42. The summed E-state index contributed by atoms with van der Waals surface area (Å²) >= 11 is 1.48. The van der Waals surface area contributed by atoms with Crippen molar-refractivity contribution in [2.24, 2.45) is 5.92 Å². The molecule has 8 heteroatoms. The van der Waals surface area contributed by atoms with Crippen LogP contribution in [0.15, 0.2) is 48.5 Å². The Balaban J connectivity index is 1.28. The van der Waals surface area contributed by atoms with Crippen LogP contribution in [-0.4, -0.2) is 57.8 Å². The van der Waals surface area contributed by atoms with Crippen LogP contribution in [0.1, 0.15) is 36.3 Å². The standard InChI is InChI=1S/C27H26N2O5S/c1-2-7-22(24(30)29-23(26(31)32)15-35-25(29)16-12-13-16)28-27(33)34-14-21-19-10-5-3-8-17(19)18-9-4-6-11-20(18)21/h1,3-6,8-11,16,21-23,25H,7,12-15H2,(H,28,33)(H,31,32). The molecular formula is C27H26N2O5S. The summed E-state index contributed by atoms with van der Waals surface area (Å²) < 4.78 is 5.58. The highest BCUT2D eigenvalue weighted by Crippen LogP contribution is 2.46. The van der Waals surface area contributed by atoms with Crippen LogP contribution < -0.4 is 5.32 Å². The van der Waals surface area contributed by atoms with E-state index in [-0.39, 0.29) is 30.2 Å². The first-order chi connectivity index (χ1) is 17.0. The minimum Gasteiger partial charge on any atom is -0.480 e. The van der Waals surface area contributed by atoms with Gasteiger partial charge in [-0.3, -0.25) is 4.79 Å². The first-order valence-electron chi connectivity index (χ1n) is 11.7. The lowest BCUT2D eigenvalue weighted by atomic mass is 9.98. The lowest BCUT2D eigenvalue weighted by Gasteiger charge is -2.30. The molecule has 1 heterocycles. The Labute approximate surface area is 208 Å². The number of nitrogens with one attached hydrogen (secondary N) is 1. The summed E-state index contributed by atoms with van der Waals surface area (Å²) in [5.41, 5.74) is 4.41. The van der Waals surface area contributed by atoms with Crippen molar-refractivity contribution in [3.8, 4) is 23.5 Å². The first-order valence-corrected chi connectivity index (χ1v) is 12.8.